The van der Waals surface area contributed by atoms with Crippen molar-refractivity contribution in [1.82, 2.24) is 14.5 Å². The number of carbonyl (C=O) groups excluding carboxylic acids is 1. The second-order valence-corrected chi connectivity index (χ2v) is 8.98. The maximum atomic E-state index is 12.8. The zero-order valence-electron chi connectivity index (χ0n) is 17.7. The highest BCUT2D eigenvalue weighted by Crippen LogP contribution is 2.46. The van der Waals surface area contributed by atoms with E-state index in [1.54, 1.807) is 11.8 Å². The molecule has 0 spiro atoms. The summed E-state index contributed by atoms with van der Waals surface area (Å²) in [6.45, 7) is 8.80. The van der Waals surface area contributed by atoms with Crippen LogP contribution >= 0.6 is 11.8 Å². The molecule has 2 aromatic rings. The summed E-state index contributed by atoms with van der Waals surface area (Å²) < 4.78 is 2.05. The van der Waals surface area contributed by atoms with Crippen molar-refractivity contribution in [3.05, 3.63) is 29.0 Å². The number of likely N-dealkylation sites (tertiary alicyclic amines) is 1. The number of hydrogen-bond acceptors (Lipinski definition) is 3. The molecule has 1 N–H and O–H groups in total. The monoisotopic (exact) mass is 400 g/mol. The summed E-state index contributed by atoms with van der Waals surface area (Å²) >= 11 is 1.79. The molecule has 2 aliphatic rings. The predicted molar refractivity (Wildman–Crippen MR) is 118 cm³/mol. The number of urea groups is 1. The van der Waals surface area contributed by atoms with Crippen LogP contribution in [0.4, 0.5) is 4.79 Å². The van der Waals surface area contributed by atoms with Crippen LogP contribution < -0.4 is 5.43 Å². The van der Waals surface area contributed by atoms with E-state index >= 15 is 0 Å². The molecule has 0 saturated carbocycles. The van der Waals surface area contributed by atoms with Crippen molar-refractivity contribution in [2.45, 2.75) is 56.9 Å². The Bertz CT molecular complexity index is 902. The Morgan fingerprint density at radius 3 is 2.75 bits per heavy atom. The average molecular weight is 401 g/mol. The molecule has 2 heterocycles. The number of benzene rings is 1. The Balaban J connectivity index is 1.87. The maximum absolute atomic E-state index is 12.8. The van der Waals surface area contributed by atoms with Crippen LogP contribution in [0.25, 0.3) is 10.9 Å². The van der Waals surface area contributed by atoms with Crippen molar-refractivity contribution in [2.24, 2.45) is 0 Å². The highest BCUT2D eigenvalue weighted by atomic mass is 32.2. The minimum absolute atomic E-state index is 0.0264. The lowest BCUT2D eigenvalue weighted by Crippen LogP contribution is -2.44. The molecule has 0 bridgehead atoms. The third-order valence-electron chi connectivity index (χ3n) is 6.80. The molecule has 4 rings (SSSR count). The number of likely N-dealkylation sites (N-methyl/N-ethyl adjacent to an activating group) is 1. The van der Waals surface area contributed by atoms with E-state index in [0.717, 1.165) is 11.9 Å². The zero-order chi connectivity index (χ0) is 20.0. The van der Waals surface area contributed by atoms with E-state index in [0.29, 0.717) is 25.0 Å². The molecular weight excluding hydrogens is 368 g/mol. The molecule has 0 radical (unpaired) electrons. The number of aromatic nitrogens is 1. The van der Waals surface area contributed by atoms with Gasteiger partial charge in [0.1, 0.15) is 0 Å². The fourth-order valence-corrected chi connectivity index (χ4v) is 5.68. The van der Waals surface area contributed by atoms with Crippen molar-refractivity contribution >= 4 is 28.7 Å². The van der Waals surface area contributed by atoms with Gasteiger partial charge < -0.3 is 9.80 Å². The minimum atomic E-state index is -0.0264. The first-order valence-corrected chi connectivity index (χ1v) is 11.7. The SMILES string of the molecule is CCN(CC)C(=O)Nn1c(C)c2c3c(cc(SC)cc31)[C@H]1CCCN(C)[C@@H]1C2. The van der Waals surface area contributed by atoms with Gasteiger partial charge in [-0.15, -0.1) is 11.8 Å². The van der Waals surface area contributed by atoms with Crippen molar-refractivity contribution in [2.75, 3.05) is 38.4 Å². The fraction of sp³-hybridized carbons (Fsp3) is 0.591. The van der Waals surface area contributed by atoms with E-state index in [-0.39, 0.29) is 6.03 Å². The van der Waals surface area contributed by atoms with Gasteiger partial charge in [-0.1, -0.05) is 0 Å². The van der Waals surface area contributed by atoms with Gasteiger partial charge in [-0.3, -0.25) is 4.68 Å². The van der Waals surface area contributed by atoms with Crippen LogP contribution in [-0.4, -0.2) is 59.5 Å². The molecule has 1 aliphatic heterocycles. The molecular formula is C22H32N4OS. The normalized spacial score (nSPS) is 21.6. The van der Waals surface area contributed by atoms with Crippen LogP contribution in [0.15, 0.2) is 17.0 Å². The molecule has 1 aromatic carbocycles. The zero-order valence-corrected chi connectivity index (χ0v) is 18.5. The molecule has 1 fully saturated rings. The van der Waals surface area contributed by atoms with Gasteiger partial charge in [0.05, 0.1) is 5.52 Å². The van der Waals surface area contributed by atoms with Crippen molar-refractivity contribution < 1.29 is 4.79 Å². The van der Waals surface area contributed by atoms with Gasteiger partial charge in [0.15, 0.2) is 0 Å². The number of thioether (sulfide) groups is 1. The molecule has 1 saturated heterocycles. The van der Waals surface area contributed by atoms with Gasteiger partial charge in [0, 0.05) is 41.0 Å². The van der Waals surface area contributed by atoms with Gasteiger partial charge >= 0.3 is 6.03 Å². The first kappa shape index (κ1) is 19.6. The van der Waals surface area contributed by atoms with E-state index in [1.807, 2.05) is 23.4 Å². The van der Waals surface area contributed by atoms with E-state index in [9.17, 15) is 4.79 Å². The summed E-state index contributed by atoms with van der Waals surface area (Å²) in [5.41, 5.74) is 8.41. The predicted octanol–water partition coefficient (Wildman–Crippen LogP) is 4.41. The summed E-state index contributed by atoms with van der Waals surface area (Å²) in [6.07, 6.45) is 5.73. The van der Waals surface area contributed by atoms with Crippen LogP contribution in [0.5, 0.6) is 0 Å². The quantitative estimate of drug-likeness (QED) is 0.773. The van der Waals surface area contributed by atoms with Gasteiger partial charge in [-0.2, -0.15) is 0 Å². The van der Waals surface area contributed by atoms with Crippen LogP contribution in [0.2, 0.25) is 0 Å². The Labute approximate surface area is 172 Å². The molecule has 1 aliphatic carbocycles. The number of nitrogens with one attached hydrogen (secondary N) is 1. The fourth-order valence-electron chi connectivity index (χ4n) is 5.20. The minimum Gasteiger partial charge on any atom is -0.324 e. The number of nitrogens with zero attached hydrogens (tertiary/aromatic N) is 3. The molecule has 1 aromatic heterocycles. The third-order valence-corrected chi connectivity index (χ3v) is 7.51. The number of piperidine rings is 1. The van der Waals surface area contributed by atoms with Gasteiger partial charge in [0.25, 0.3) is 0 Å². The van der Waals surface area contributed by atoms with Gasteiger partial charge in [0.2, 0.25) is 0 Å². The van der Waals surface area contributed by atoms with Crippen LogP contribution in [0.3, 0.4) is 0 Å². The first-order chi connectivity index (χ1) is 13.5. The molecule has 5 nitrogen and oxygen atoms in total. The molecule has 152 valence electrons. The lowest BCUT2D eigenvalue weighted by molar-refractivity contribution is 0.157. The van der Waals surface area contributed by atoms with Crippen LogP contribution in [-0.2, 0) is 6.42 Å². The number of rotatable bonds is 4. The number of fused-ring (bicyclic) bond motifs is 2. The third kappa shape index (κ3) is 3.01. The lowest BCUT2D eigenvalue weighted by Gasteiger charge is -2.42. The summed E-state index contributed by atoms with van der Waals surface area (Å²) in [7, 11) is 2.27. The summed E-state index contributed by atoms with van der Waals surface area (Å²) in [5, 5.41) is 1.38. The first-order valence-electron chi connectivity index (χ1n) is 10.5. The van der Waals surface area contributed by atoms with Crippen molar-refractivity contribution in [3.8, 4) is 0 Å². The lowest BCUT2D eigenvalue weighted by atomic mass is 9.75. The largest absolute Gasteiger partial charge is 0.336 e. The summed E-state index contributed by atoms with van der Waals surface area (Å²) in [4.78, 5) is 18.5. The Kier molecular flexibility index (Phi) is 5.36. The topological polar surface area (TPSA) is 40.5 Å². The summed E-state index contributed by atoms with van der Waals surface area (Å²) in [6, 6.07) is 5.19. The van der Waals surface area contributed by atoms with Gasteiger partial charge in [-0.25, -0.2) is 10.2 Å². The highest BCUT2D eigenvalue weighted by Gasteiger charge is 2.38. The highest BCUT2D eigenvalue weighted by molar-refractivity contribution is 7.98. The number of hydrogen-bond donors (Lipinski definition) is 1. The van der Waals surface area contributed by atoms with Gasteiger partial charge in [-0.05, 0) is 83.1 Å². The molecule has 2 atom stereocenters. The standard InChI is InChI=1S/C22H32N4OS/c1-6-25(7-2)22(27)23-26-14(3)17-13-19-16(9-8-10-24(19)4)18-11-15(28-5)12-20(26)21(17)18/h11-12,16,19H,6-10,13H2,1-5H3,(H,23,27)/t16-,19-/m1/s1. The van der Waals surface area contributed by atoms with Crippen molar-refractivity contribution in [1.29, 1.82) is 0 Å². The molecule has 6 heteroatoms. The van der Waals surface area contributed by atoms with Crippen molar-refractivity contribution in [3.63, 3.8) is 0 Å². The molecule has 0 unspecified atom stereocenters. The second kappa shape index (κ2) is 7.64. The Morgan fingerprint density at radius 2 is 2.07 bits per heavy atom. The summed E-state index contributed by atoms with van der Waals surface area (Å²) in [5.74, 6) is 0.592. The number of carbonyl (C=O) groups is 1. The van der Waals surface area contributed by atoms with Crippen LogP contribution in [0.1, 0.15) is 49.4 Å². The second-order valence-electron chi connectivity index (χ2n) is 8.10. The smallest absolute Gasteiger partial charge is 0.324 e. The number of amides is 2. The average Bonchev–Trinajstić information content (AvgIpc) is 2.96. The Morgan fingerprint density at radius 1 is 1.32 bits per heavy atom. The van der Waals surface area contributed by atoms with Crippen LogP contribution in [0, 0.1) is 6.92 Å². The van der Waals surface area contributed by atoms with E-state index in [1.165, 1.54) is 46.5 Å². The molecule has 2 amide bonds. The maximum Gasteiger partial charge on any atom is 0.336 e. The Hall–Kier alpha value is -1.66. The van der Waals surface area contributed by atoms with E-state index in [4.69, 9.17) is 0 Å². The molecule has 28 heavy (non-hydrogen) atoms. The van der Waals surface area contributed by atoms with E-state index < -0.39 is 0 Å². The van der Waals surface area contributed by atoms with E-state index in [2.05, 4.69) is 42.7 Å².